The van der Waals surface area contributed by atoms with Crippen LogP contribution >= 0.6 is 11.6 Å². The van der Waals surface area contributed by atoms with Gasteiger partial charge < -0.3 is 5.32 Å². The Balaban J connectivity index is 1.88. The number of aromatic amines is 1. The maximum Gasteiger partial charge on any atom is 0.253 e. The minimum atomic E-state index is -0.273. The van der Waals surface area contributed by atoms with Crippen LogP contribution in [-0.2, 0) is 6.54 Å². The number of fused-ring (bicyclic) bond motifs is 1. The van der Waals surface area contributed by atoms with Crippen LogP contribution < -0.4 is 10.9 Å². The first-order chi connectivity index (χ1) is 9.72. The zero-order chi connectivity index (χ0) is 13.9. The Hall–Kier alpha value is -2.33. The van der Waals surface area contributed by atoms with E-state index >= 15 is 0 Å². The van der Waals surface area contributed by atoms with E-state index in [9.17, 15) is 4.79 Å². The first kappa shape index (κ1) is 12.7. The normalized spacial score (nSPS) is 10.7. The van der Waals surface area contributed by atoms with E-state index in [1.165, 1.54) is 16.8 Å². The summed E-state index contributed by atoms with van der Waals surface area (Å²) in [5, 5.41) is 5.61. The molecule has 2 N–H and O–H groups in total. The van der Waals surface area contributed by atoms with Crippen LogP contribution in [0.25, 0.3) is 10.8 Å². The van der Waals surface area contributed by atoms with Crippen LogP contribution in [0.15, 0.2) is 53.3 Å². The first-order valence-electron chi connectivity index (χ1n) is 6.20. The zero-order valence-corrected chi connectivity index (χ0v) is 11.3. The quantitative estimate of drug-likeness (QED) is 0.727. The summed E-state index contributed by atoms with van der Waals surface area (Å²) in [5.41, 5.74) is 0.858. The van der Waals surface area contributed by atoms with E-state index in [0.717, 1.165) is 5.56 Å². The average Bonchev–Trinajstić information content (AvgIpc) is 2.44. The predicted molar refractivity (Wildman–Crippen MR) is 81.1 cm³/mol. The van der Waals surface area contributed by atoms with E-state index < -0.39 is 0 Å². The maximum atomic E-state index is 11.3. The molecule has 0 spiro atoms. The van der Waals surface area contributed by atoms with Crippen molar-refractivity contribution in [3.63, 3.8) is 0 Å². The zero-order valence-electron chi connectivity index (χ0n) is 10.6. The molecule has 1 heterocycles. The largest absolute Gasteiger partial charge is 0.352 e. The maximum absolute atomic E-state index is 11.3. The number of hydrogen-bond acceptors (Lipinski definition) is 3. The van der Waals surface area contributed by atoms with Crippen LogP contribution in [0.5, 0.6) is 0 Å². The summed E-state index contributed by atoms with van der Waals surface area (Å²) in [5.74, 6) is 0.371. The van der Waals surface area contributed by atoms with Crippen molar-refractivity contribution in [2.45, 2.75) is 6.54 Å². The van der Waals surface area contributed by atoms with Crippen molar-refractivity contribution in [2.24, 2.45) is 0 Å². The van der Waals surface area contributed by atoms with Gasteiger partial charge in [0, 0.05) is 12.6 Å². The predicted octanol–water partition coefficient (Wildman–Crippen LogP) is 3.19. The van der Waals surface area contributed by atoms with Crippen LogP contribution in [-0.4, -0.2) is 9.97 Å². The van der Waals surface area contributed by atoms with Gasteiger partial charge in [0.2, 0.25) is 5.95 Å². The molecule has 20 heavy (non-hydrogen) atoms. The molecule has 100 valence electrons. The van der Waals surface area contributed by atoms with Crippen molar-refractivity contribution >= 4 is 28.3 Å². The number of halogens is 1. The van der Waals surface area contributed by atoms with Gasteiger partial charge in [-0.2, -0.15) is 0 Å². The molecule has 4 nitrogen and oxygen atoms in total. The number of benzene rings is 2. The lowest BCUT2D eigenvalue weighted by molar-refractivity contribution is 1.04. The molecule has 0 amide bonds. The molecular formula is C15H12ClN3O. The van der Waals surface area contributed by atoms with E-state index in [0.29, 0.717) is 12.5 Å². The summed E-state index contributed by atoms with van der Waals surface area (Å²) < 4.78 is 0. The Morgan fingerprint density at radius 2 is 1.95 bits per heavy atom. The van der Waals surface area contributed by atoms with E-state index in [4.69, 9.17) is 11.6 Å². The van der Waals surface area contributed by atoms with Gasteiger partial charge in [0.25, 0.3) is 5.56 Å². The highest BCUT2D eigenvalue weighted by atomic mass is 35.5. The van der Waals surface area contributed by atoms with Crippen molar-refractivity contribution < 1.29 is 0 Å². The Bertz CT molecular complexity index is 808. The van der Waals surface area contributed by atoms with E-state index in [2.05, 4.69) is 33.5 Å². The molecular weight excluding hydrogens is 274 g/mol. The van der Waals surface area contributed by atoms with Gasteiger partial charge in [0.15, 0.2) is 0 Å². The SMILES string of the molecule is O=c1cc(Cl)nc(NCc2cccc3ccccc23)[nH]1. The number of aromatic nitrogens is 2. The molecule has 0 radical (unpaired) electrons. The van der Waals surface area contributed by atoms with Gasteiger partial charge >= 0.3 is 0 Å². The molecule has 0 fully saturated rings. The standard InChI is InChI=1S/C15H12ClN3O/c16-13-8-14(20)19-15(18-13)17-9-11-6-3-5-10-4-1-2-7-12(10)11/h1-8H,9H2,(H2,17,18,19,20). The fraction of sp³-hybridized carbons (Fsp3) is 0.0667. The molecule has 3 rings (SSSR count). The average molecular weight is 286 g/mol. The number of rotatable bonds is 3. The summed E-state index contributed by atoms with van der Waals surface area (Å²) in [7, 11) is 0. The minimum Gasteiger partial charge on any atom is -0.352 e. The second kappa shape index (κ2) is 5.35. The van der Waals surface area contributed by atoms with Crippen LogP contribution in [0.3, 0.4) is 0 Å². The van der Waals surface area contributed by atoms with E-state index in [-0.39, 0.29) is 10.7 Å². The number of nitrogens with zero attached hydrogens (tertiary/aromatic N) is 1. The van der Waals surface area contributed by atoms with Crippen molar-refractivity contribution in [3.8, 4) is 0 Å². The summed E-state index contributed by atoms with van der Waals surface area (Å²) in [4.78, 5) is 17.9. The number of H-pyrrole nitrogens is 1. The van der Waals surface area contributed by atoms with Gasteiger partial charge in [-0.3, -0.25) is 9.78 Å². The molecule has 0 saturated heterocycles. The number of anilines is 1. The van der Waals surface area contributed by atoms with Crippen molar-refractivity contribution in [2.75, 3.05) is 5.32 Å². The number of hydrogen-bond donors (Lipinski definition) is 2. The molecule has 0 atom stereocenters. The van der Waals surface area contributed by atoms with Crippen LogP contribution in [0.1, 0.15) is 5.56 Å². The van der Waals surface area contributed by atoms with Gasteiger partial charge in [-0.1, -0.05) is 54.1 Å². The van der Waals surface area contributed by atoms with Gasteiger partial charge in [0.05, 0.1) is 0 Å². The monoisotopic (exact) mass is 285 g/mol. The van der Waals surface area contributed by atoms with Gasteiger partial charge in [-0.15, -0.1) is 0 Å². The third-order valence-electron chi connectivity index (χ3n) is 3.04. The minimum absolute atomic E-state index is 0.175. The molecule has 0 aliphatic carbocycles. The van der Waals surface area contributed by atoms with Gasteiger partial charge in [0.1, 0.15) is 5.15 Å². The van der Waals surface area contributed by atoms with E-state index in [1.54, 1.807) is 0 Å². The molecule has 5 heteroatoms. The number of nitrogens with one attached hydrogen (secondary N) is 2. The third-order valence-corrected chi connectivity index (χ3v) is 3.23. The molecule has 2 aromatic carbocycles. The van der Waals surface area contributed by atoms with Gasteiger partial charge in [-0.25, -0.2) is 4.98 Å². The second-order valence-electron chi connectivity index (χ2n) is 4.41. The molecule has 3 aromatic rings. The molecule has 0 bridgehead atoms. The first-order valence-corrected chi connectivity index (χ1v) is 6.57. The van der Waals surface area contributed by atoms with Crippen LogP contribution in [0, 0.1) is 0 Å². The lowest BCUT2D eigenvalue weighted by Gasteiger charge is -2.08. The third kappa shape index (κ3) is 2.65. The highest BCUT2D eigenvalue weighted by molar-refractivity contribution is 6.29. The van der Waals surface area contributed by atoms with Crippen LogP contribution in [0.2, 0.25) is 5.15 Å². The summed E-state index contributed by atoms with van der Waals surface area (Å²) in [6, 6.07) is 15.5. The summed E-state index contributed by atoms with van der Waals surface area (Å²) in [6.07, 6.45) is 0. The highest BCUT2D eigenvalue weighted by Gasteiger charge is 2.02. The Morgan fingerprint density at radius 3 is 2.80 bits per heavy atom. The smallest absolute Gasteiger partial charge is 0.253 e. The Morgan fingerprint density at radius 1 is 1.15 bits per heavy atom. The Kier molecular flexibility index (Phi) is 3.39. The Labute approximate surface area is 120 Å². The summed E-state index contributed by atoms with van der Waals surface area (Å²) >= 11 is 5.76. The van der Waals surface area contributed by atoms with Gasteiger partial charge in [-0.05, 0) is 16.3 Å². The fourth-order valence-corrected chi connectivity index (χ4v) is 2.32. The molecule has 0 unspecified atom stereocenters. The van der Waals surface area contributed by atoms with Crippen molar-refractivity contribution in [3.05, 3.63) is 69.6 Å². The molecule has 1 aromatic heterocycles. The van der Waals surface area contributed by atoms with E-state index in [1.807, 2.05) is 24.3 Å². The topological polar surface area (TPSA) is 57.8 Å². The lowest BCUT2D eigenvalue weighted by atomic mass is 10.0. The highest BCUT2D eigenvalue weighted by Crippen LogP contribution is 2.19. The fourth-order valence-electron chi connectivity index (χ4n) is 2.14. The second-order valence-corrected chi connectivity index (χ2v) is 4.80. The summed E-state index contributed by atoms with van der Waals surface area (Å²) in [6.45, 7) is 0.560. The van der Waals surface area contributed by atoms with Crippen LogP contribution in [0.4, 0.5) is 5.95 Å². The molecule has 0 saturated carbocycles. The lowest BCUT2D eigenvalue weighted by Crippen LogP contribution is -2.11. The molecule has 0 aliphatic rings. The van der Waals surface area contributed by atoms with Crippen molar-refractivity contribution in [1.82, 2.24) is 9.97 Å². The van der Waals surface area contributed by atoms with Crippen molar-refractivity contribution in [1.29, 1.82) is 0 Å². The molecule has 0 aliphatic heterocycles.